The highest BCUT2D eigenvalue weighted by molar-refractivity contribution is 6.26. The molecular weight excluding hydrogens is 675 g/mol. The SMILES string of the molecule is c1ccc(-n2c3ccc(-c4ccc5c6ccccc6c6ccccc6c5c4)cc3c3cc4c(cc32)C2(c3ccccc3-c3ccccc32)c2ccccc2-4)cc1. The van der Waals surface area contributed by atoms with Crippen LogP contribution in [0.5, 0.6) is 0 Å². The Kier molecular flexibility index (Phi) is 5.89. The summed E-state index contributed by atoms with van der Waals surface area (Å²) in [6.45, 7) is 0. The minimum Gasteiger partial charge on any atom is -0.309 e. The first-order chi connectivity index (χ1) is 27.8. The Balaban J connectivity index is 1.11. The molecule has 0 fully saturated rings. The van der Waals surface area contributed by atoms with Crippen molar-refractivity contribution in [2.45, 2.75) is 5.41 Å². The molecule has 13 rings (SSSR count). The van der Waals surface area contributed by atoms with E-state index in [1.54, 1.807) is 0 Å². The average molecular weight is 708 g/mol. The standard InChI is InChI=1S/C55H33N/c1-2-14-36(15-3-1)56-53-29-27-35(34-26-28-41-39-18-5-4-16-37(39)38-17-6-7-19-40(38)45(41)30-34)31-47(53)48-32-46-44-22-10-13-25-51(44)55(52(46)33-54(48)56)49-23-11-8-20-42(49)43-21-9-12-24-50(43)55/h1-33H. The van der Waals surface area contributed by atoms with Crippen LogP contribution in [0.2, 0.25) is 0 Å². The zero-order valence-electron chi connectivity index (χ0n) is 30.5. The van der Waals surface area contributed by atoms with E-state index in [1.165, 1.54) is 115 Å². The van der Waals surface area contributed by atoms with E-state index in [2.05, 4.69) is 205 Å². The molecule has 0 bridgehead atoms. The summed E-state index contributed by atoms with van der Waals surface area (Å²) in [7, 11) is 0. The molecule has 2 aliphatic carbocycles. The lowest BCUT2D eigenvalue weighted by molar-refractivity contribution is 0.794. The van der Waals surface area contributed by atoms with E-state index < -0.39 is 5.41 Å². The highest BCUT2D eigenvalue weighted by Crippen LogP contribution is 2.63. The van der Waals surface area contributed by atoms with Crippen molar-refractivity contribution >= 4 is 54.1 Å². The van der Waals surface area contributed by atoms with Gasteiger partial charge in [0.1, 0.15) is 0 Å². The highest BCUT2D eigenvalue weighted by atomic mass is 15.0. The number of para-hydroxylation sites is 1. The zero-order chi connectivity index (χ0) is 36.5. The number of aromatic nitrogens is 1. The molecule has 0 aliphatic heterocycles. The summed E-state index contributed by atoms with van der Waals surface area (Å²) in [5, 5.41) is 10.3. The molecule has 258 valence electrons. The van der Waals surface area contributed by atoms with Crippen LogP contribution in [-0.4, -0.2) is 4.57 Å². The summed E-state index contributed by atoms with van der Waals surface area (Å²) in [5.74, 6) is 0. The molecule has 0 unspecified atom stereocenters. The Morgan fingerprint density at radius 2 is 0.714 bits per heavy atom. The fourth-order valence-corrected chi connectivity index (χ4v) is 10.7. The smallest absolute Gasteiger partial charge is 0.0726 e. The molecule has 0 N–H and O–H groups in total. The normalized spacial score (nSPS) is 13.5. The van der Waals surface area contributed by atoms with Crippen LogP contribution in [-0.2, 0) is 5.41 Å². The molecule has 11 aromatic rings. The maximum absolute atomic E-state index is 2.53. The third kappa shape index (κ3) is 3.75. The van der Waals surface area contributed by atoms with Crippen molar-refractivity contribution in [3.8, 4) is 39.1 Å². The van der Waals surface area contributed by atoms with Crippen LogP contribution in [0, 0.1) is 0 Å². The molecule has 0 atom stereocenters. The van der Waals surface area contributed by atoms with Gasteiger partial charge in [0.2, 0.25) is 0 Å². The Labute approximate surface area is 324 Å². The van der Waals surface area contributed by atoms with Crippen molar-refractivity contribution in [2.75, 3.05) is 0 Å². The minimum atomic E-state index is -0.394. The van der Waals surface area contributed by atoms with E-state index in [1.807, 2.05) is 0 Å². The van der Waals surface area contributed by atoms with Crippen LogP contribution < -0.4 is 0 Å². The molecule has 1 heteroatoms. The van der Waals surface area contributed by atoms with Crippen LogP contribution in [0.4, 0.5) is 0 Å². The largest absolute Gasteiger partial charge is 0.309 e. The Morgan fingerprint density at radius 1 is 0.268 bits per heavy atom. The van der Waals surface area contributed by atoms with E-state index in [0.29, 0.717) is 0 Å². The summed E-state index contributed by atoms with van der Waals surface area (Å²) >= 11 is 0. The molecule has 56 heavy (non-hydrogen) atoms. The molecule has 1 spiro atoms. The first kappa shape index (κ1) is 30.1. The predicted molar refractivity (Wildman–Crippen MR) is 235 cm³/mol. The van der Waals surface area contributed by atoms with Gasteiger partial charge in [0.25, 0.3) is 0 Å². The van der Waals surface area contributed by atoms with Gasteiger partial charge in [-0.05, 0) is 130 Å². The summed E-state index contributed by atoms with van der Waals surface area (Å²) in [5.41, 5.74) is 16.4. The molecule has 0 saturated carbocycles. The quantitative estimate of drug-likeness (QED) is 0.158. The summed E-state index contributed by atoms with van der Waals surface area (Å²) in [6, 6.07) is 75.0. The second-order valence-corrected chi connectivity index (χ2v) is 15.6. The van der Waals surface area contributed by atoms with Gasteiger partial charge >= 0.3 is 0 Å². The summed E-state index contributed by atoms with van der Waals surface area (Å²) in [6.07, 6.45) is 0. The second kappa shape index (κ2) is 10.9. The Bertz CT molecular complexity index is 3390. The fraction of sp³-hybridized carbons (Fsp3) is 0.0182. The lowest BCUT2D eigenvalue weighted by Gasteiger charge is -2.30. The lowest BCUT2D eigenvalue weighted by Crippen LogP contribution is -2.25. The molecule has 0 amide bonds. The number of hydrogen-bond donors (Lipinski definition) is 0. The highest BCUT2D eigenvalue weighted by Gasteiger charge is 2.51. The minimum absolute atomic E-state index is 0.394. The molecule has 0 saturated heterocycles. The van der Waals surface area contributed by atoms with Gasteiger partial charge in [-0.3, -0.25) is 0 Å². The van der Waals surface area contributed by atoms with Crippen molar-refractivity contribution in [3.63, 3.8) is 0 Å². The maximum atomic E-state index is 2.53. The van der Waals surface area contributed by atoms with E-state index in [4.69, 9.17) is 0 Å². The first-order valence-electron chi connectivity index (χ1n) is 19.6. The number of hydrogen-bond acceptors (Lipinski definition) is 0. The summed E-state index contributed by atoms with van der Waals surface area (Å²) in [4.78, 5) is 0. The first-order valence-corrected chi connectivity index (χ1v) is 19.6. The molecule has 0 radical (unpaired) electrons. The van der Waals surface area contributed by atoms with Crippen molar-refractivity contribution in [2.24, 2.45) is 0 Å². The monoisotopic (exact) mass is 707 g/mol. The van der Waals surface area contributed by atoms with Crippen molar-refractivity contribution in [1.82, 2.24) is 4.57 Å². The number of benzene rings is 10. The molecule has 10 aromatic carbocycles. The van der Waals surface area contributed by atoms with Gasteiger partial charge in [0.15, 0.2) is 0 Å². The van der Waals surface area contributed by atoms with Crippen molar-refractivity contribution in [1.29, 1.82) is 0 Å². The predicted octanol–water partition coefficient (Wildman–Crippen LogP) is 14.3. The van der Waals surface area contributed by atoms with E-state index >= 15 is 0 Å². The van der Waals surface area contributed by atoms with Gasteiger partial charge in [-0.25, -0.2) is 0 Å². The molecule has 2 aliphatic rings. The molecule has 1 nitrogen and oxygen atoms in total. The van der Waals surface area contributed by atoms with Gasteiger partial charge in [0.05, 0.1) is 16.4 Å². The van der Waals surface area contributed by atoms with Gasteiger partial charge in [-0.1, -0.05) is 158 Å². The van der Waals surface area contributed by atoms with Crippen LogP contribution in [0.25, 0.3) is 93.2 Å². The van der Waals surface area contributed by atoms with E-state index in [9.17, 15) is 0 Å². The van der Waals surface area contributed by atoms with Gasteiger partial charge in [0, 0.05) is 16.5 Å². The summed E-state index contributed by atoms with van der Waals surface area (Å²) < 4.78 is 2.48. The van der Waals surface area contributed by atoms with Crippen LogP contribution >= 0.6 is 0 Å². The van der Waals surface area contributed by atoms with Crippen molar-refractivity contribution in [3.05, 3.63) is 222 Å². The second-order valence-electron chi connectivity index (χ2n) is 15.6. The Morgan fingerprint density at radius 3 is 1.32 bits per heavy atom. The molecule has 1 aromatic heterocycles. The third-order valence-electron chi connectivity index (χ3n) is 13.0. The molecular formula is C55H33N. The third-order valence-corrected chi connectivity index (χ3v) is 13.0. The lowest BCUT2D eigenvalue weighted by atomic mass is 9.70. The topological polar surface area (TPSA) is 4.93 Å². The average Bonchev–Trinajstić information content (AvgIpc) is 3.87. The number of rotatable bonds is 2. The van der Waals surface area contributed by atoms with E-state index in [-0.39, 0.29) is 0 Å². The van der Waals surface area contributed by atoms with E-state index in [0.717, 1.165) is 0 Å². The van der Waals surface area contributed by atoms with Crippen molar-refractivity contribution < 1.29 is 0 Å². The maximum Gasteiger partial charge on any atom is 0.0726 e. The van der Waals surface area contributed by atoms with Gasteiger partial charge in [-0.15, -0.1) is 0 Å². The van der Waals surface area contributed by atoms with Crippen LogP contribution in [0.1, 0.15) is 22.3 Å². The van der Waals surface area contributed by atoms with Gasteiger partial charge < -0.3 is 4.57 Å². The van der Waals surface area contributed by atoms with Crippen LogP contribution in [0.15, 0.2) is 200 Å². The zero-order valence-corrected chi connectivity index (χ0v) is 30.5. The fourth-order valence-electron chi connectivity index (χ4n) is 10.7. The Hall–Kier alpha value is -7.22. The van der Waals surface area contributed by atoms with Crippen LogP contribution in [0.3, 0.4) is 0 Å². The molecule has 1 heterocycles. The van der Waals surface area contributed by atoms with Gasteiger partial charge in [-0.2, -0.15) is 0 Å². The number of fused-ring (bicyclic) bond motifs is 19. The number of nitrogens with zero attached hydrogens (tertiary/aromatic N) is 1.